The van der Waals surface area contributed by atoms with Crippen molar-refractivity contribution in [2.45, 2.75) is 39.1 Å². The highest BCUT2D eigenvalue weighted by molar-refractivity contribution is 6.13. The van der Waals surface area contributed by atoms with Crippen LogP contribution in [-0.2, 0) is 4.79 Å². The number of halogens is 2. The Kier molecular flexibility index (Phi) is 6.34. The summed E-state index contributed by atoms with van der Waals surface area (Å²) in [6.07, 6.45) is 3.25. The zero-order valence-corrected chi connectivity index (χ0v) is 23.6. The third kappa shape index (κ3) is 4.26. The number of H-pyrrole nitrogens is 1. The largest absolute Gasteiger partial charge is 0.432 e. The van der Waals surface area contributed by atoms with Gasteiger partial charge >= 0.3 is 0 Å². The Morgan fingerprint density at radius 2 is 1.95 bits per heavy atom. The molecular weight excluding hydrogens is 572 g/mol. The first-order valence-electron chi connectivity index (χ1n) is 13.8. The summed E-state index contributed by atoms with van der Waals surface area (Å²) in [7, 11) is 0. The van der Waals surface area contributed by atoms with Crippen molar-refractivity contribution < 1.29 is 28.2 Å². The number of carbonyl (C=O) groups excluding carboxylic acids is 2. The lowest BCUT2D eigenvalue weighted by molar-refractivity contribution is -0.119. The first kappa shape index (κ1) is 27.5. The lowest BCUT2D eigenvalue weighted by Gasteiger charge is -2.25. The molecule has 0 bridgehead atoms. The van der Waals surface area contributed by atoms with Gasteiger partial charge in [0.1, 0.15) is 5.82 Å². The van der Waals surface area contributed by atoms with Gasteiger partial charge in [0.15, 0.2) is 12.2 Å². The van der Waals surface area contributed by atoms with Gasteiger partial charge < -0.3 is 20.6 Å². The molecular formula is C31H25F2N7O4. The number of nitrogens with zero attached hydrogens (tertiary/aromatic N) is 5. The van der Waals surface area contributed by atoms with Gasteiger partial charge in [0.25, 0.3) is 0 Å². The highest BCUT2D eigenvalue weighted by Gasteiger charge is 2.48. The predicted molar refractivity (Wildman–Crippen MR) is 154 cm³/mol. The molecule has 0 spiro atoms. The molecule has 7 rings (SSSR count). The van der Waals surface area contributed by atoms with Crippen LogP contribution in [0, 0.1) is 37.6 Å². The second-order valence-corrected chi connectivity index (χ2v) is 10.9. The molecule has 0 aliphatic carbocycles. The van der Waals surface area contributed by atoms with E-state index < -0.39 is 29.5 Å². The summed E-state index contributed by atoms with van der Waals surface area (Å²) in [6.45, 7) is 4.21. The third-order valence-electron chi connectivity index (χ3n) is 8.13. The fourth-order valence-electron chi connectivity index (χ4n) is 5.92. The fourth-order valence-corrected chi connectivity index (χ4v) is 5.92. The smallest absolute Gasteiger partial charge is 0.247 e. The SMILES string of the molecule is Cc1cc2cc(C(=O)c3cnn(-c4cnc(Oc5c(F)c#ccc5F)cc4C)c3N)[nH]c2cc1N1C(=O)C2CCCN2C1O. The number of aryl methyl sites for hydroxylation is 2. The number of aromatic nitrogens is 4. The number of nitrogens with one attached hydrogen (secondary N) is 1. The quantitative estimate of drug-likeness (QED) is 0.250. The van der Waals surface area contributed by atoms with Crippen LogP contribution in [-0.4, -0.2) is 60.4 Å². The van der Waals surface area contributed by atoms with Crippen molar-refractivity contribution in [3.05, 3.63) is 88.9 Å². The summed E-state index contributed by atoms with van der Waals surface area (Å²) in [5.74, 6) is -3.20. The third-order valence-corrected chi connectivity index (χ3v) is 8.13. The Labute approximate surface area is 249 Å². The molecule has 2 aromatic carbocycles. The number of benzene rings is 1. The van der Waals surface area contributed by atoms with E-state index in [1.807, 2.05) is 13.0 Å². The number of amides is 1. The lowest BCUT2D eigenvalue weighted by atomic mass is 10.1. The Bertz CT molecular complexity index is 1970. The van der Waals surface area contributed by atoms with E-state index >= 15 is 0 Å². The van der Waals surface area contributed by atoms with Gasteiger partial charge in [-0.1, -0.05) is 6.07 Å². The van der Waals surface area contributed by atoms with Crippen molar-refractivity contribution in [3.8, 4) is 17.3 Å². The van der Waals surface area contributed by atoms with Crippen LogP contribution in [0.25, 0.3) is 16.6 Å². The number of nitrogens with two attached hydrogens (primary N) is 1. The Balaban J connectivity index is 1.16. The summed E-state index contributed by atoms with van der Waals surface area (Å²) >= 11 is 0. The number of pyridine rings is 1. The van der Waals surface area contributed by atoms with E-state index in [0.717, 1.165) is 23.4 Å². The van der Waals surface area contributed by atoms with Crippen molar-refractivity contribution in [1.29, 1.82) is 0 Å². The molecule has 0 saturated carbocycles. The highest BCUT2D eigenvalue weighted by Crippen LogP contribution is 2.37. The van der Waals surface area contributed by atoms with Gasteiger partial charge in [-0.25, -0.2) is 19.0 Å². The molecule has 5 aromatic rings. The first-order chi connectivity index (χ1) is 21.1. The van der Waals surface area contributed by atoms with Gasteiger partial charge in [-0.3, -0.25) is 14.5 Å². The van der Waals surface area contributed by atoms with Crippen molar-refractivity contribution >= 4 is 34.1 Å². The van der Waals surface area contributed by atoms with E-state index in [-0.39, 0.29) is 34.9 Å². The van der Waals surface area contributed by atoms with E-state index in [4.69, 9.17) is 10.5 Å². The van der Waals surface area contributed by atoms with E-state index in [9.17, 15) is 23.5 Å². The molecule has 0 radical (unpaired) electrons. The molecule has 2 saturated heterocycles. The number of ether oxygens (including phenoxy) is 1. The average Bonchev–Trinajstić information content (AvgIpc) is 3.76. The number of rotatable bonds is 6. The number of aromatic amines is 1. The molecule has 4 N–H and O–H groups in total. The molecule has 222 valence electrons. The monoisotopic (exact) mass is 597 g/mol. The minimum atomic E-state index is -1.04. The summed E-state index contributed by atoms with van der Waals surface area (Å²) < 4.78 is 34.5. The number of aliphatic hydroxyl groups is 1. The second-order valence-electron chi connectivity index (χ2n) is 10.9. The van der Waals surface area contributed by atoms with E-state index in [0.29, 0.717) is 35.4 Å². The normalized spacial score (nSPS) is 18.2. The van der Waals surface area contributed by atoms with Gasteiger partial charge in [-0.2, -0.15) is 9.49 Å². The zero-order chi connectivity index (χ0) is 30.9. The Morgan fingerprint density at radius 3 is 2.70 bits per heavy atom. The van der Waals surface area contributed by atoms with Gasteiger partial charge in [0, 0.05) is 29.6 Å². The van der Waals surface area contributed by atoms with E-state index in [1.165, 1.54) is 28.0 Å². The molecule has 2 unspecified atom stereocenters. The Morgan fingerprint density at radius 1 is 1.16 bits per heavy atom. The number of hydrogen-bond acceptors (Lipinski definition) is 8. The van der Waals surface area contributed by atoms with Gasteiger partial charge in [0.2, 0.25) is 29.1 Å². The number of nitrogen functional groups attached to an aromatic ring is 1. The number of fused-ring (bicyclic) bond motifs is 2. The minimum absolute atomic E-state index is 0.0563. The number of hydrogen-bond donors (Lipinski definition) is 3. The van der Waals surface area contributed by atoms with E-state index in [2.05, 4.69) is 27.2 Å². The molecule has 13 heteroatoms. The van der Waals surface area contributed by atoms with Crippen LogP contribution in [0.5, 0.6) is 11.6 Å². The topological polar surface area (TPSA) is 143 Å². The number of carbonyl (C=O) groups is 2. The predicted octanol–water partition coefficient (Wildman–Crippen LogP) is 3.94. The molecule has 11 nitrogen and oxygen atoms in total. The molecule has 1 amide bonds. The maximum Gasteiger partial charge on any atom is 0.247 e. The van der Waals surface area contributed by atoms with Gasteiger partial charge in [0.05, 0.1) is 41.1 Å². The molecule has 2 aliphatic heterocycles. The maximum absolute atomic E-state index is 14.0. The van der Waals surface area contributed by atoms with E-state index in [1.54, 1.807) is 24.0 Å². The summed E-state index contributed by atoms with van der Waals surface area (Å²) in [5, 5.41) is 15.9. The minimum Gasteiger partial charge on any atom is -0.432 e. The van der Waals surface area contributed by atoms with Gasteiger partial charge in [-0.05, 0) is 62.1 Å². The van der Waals surface area contributed by atoms with Crippen LogP contribution >= 0.6 is 0 Å². The maximum atomic E-state index is 14.0. The lowest BCUT2D eigenvalue weighted by Crippen LogP contribution is -2.39. The van der Waals surface area contributed by atoms with Crippen molar-refractivity contribution in [1.82, 2.24) is 24.6 Å². The zero-order valence-electron chi connectivity index (χ0n) is 23.6. The second kappa shape index (κ2) is 10.1. The first-order valence-corrected chi connectivity index (χ1v) is 13.8. The number of ketones is 1. The molecule has 2 aliphatic rings. The van der Waals surface area contributed by atoms with Crippen LogP contribution in [0.15, 0.2) is 42.7 Å². The molecule has 3 aromatic heterocycles. The fraction of sp³-hybridized carbons (Fsp3) is 0.226. The van der Waals surface area contributed by atoms with Gasteiger partial charge in [-0.15, -0.1) is 0 Å². The van der Waals surface area contributed by atoms with Crippen molar-refractivity contribution in [2.24, 2.45) is 0 Å². The number of anilines is 2. The average molecular weight is 598 g/mol. The number of aliphatic hydroxyl groups excluding tert-OH is 1. The summed E-state index contributed by atoms with van der Waals surface area (Å²) in [6, 6.07) is 11.7. The van der Waals surface area contributed by atoms with Crippen LogP contribution in [0.2, 0.25) is 0 Å². The molecule has 44 heavy (non-hydrogen) atoms. The van der Waals surface area contributed by atoms with Crippen LogP contribution in [0.3, 0.4) is 0 Å². The van der Waals surface area contributed by atoms with Crippen LogP contribution in [0.1, 0.15) is 40.0 Å². The van der Waals surface area contributed by atoms with Crippen molar-refractivity contribution in [2.75, 3.05) is 17.2 Å². The molecule has 2 fully saturated rings. The van der Waals surface area contributed by atoms with Crippen molar-refractivity contribution in [3.63, 3.8) is 0 Å². The standard InChI is InChI=1S/C31H25F2N7O4/c1-15-9-17-11-22(37-21(17)12-24(15)39-30(42)23-7-4-8-38(23)31(39)43)27(41)18-13-36-40(29(18)34)25-14-35-26(10-16(25)2)44-28-19(32)5-3-6-20(28)33/h5,9-14,23,31,37,43H,4,7-8,34H2,1-2H3. The molecule has 5 heterocycles. The highest BCUT2D eigenvalue weighted by atomic mass is 19.1. The van der Waals surface area contributed by atoms with Crippen LogP contribution in [0.4, 0.5) is 20.3 Å². The Hall–Kier alpha value is -5.32. The molecule has 2 atom stereocenters. The van der Waals surface area contributed by atoms with Crippen LogP contribution < -0.4 is 15.4 Å². The summed E-state index contributed by atoms with van der Waals surface area (Å²) in [4.78, 5) is 37.1. The summed E-state index contributed by atoms with van der Waals surface area (Å²) in [5.41, 5.74) is 9.72.